The molecular weight excluding hydrogens is 414 g/mol. The Morgan fingerprint density at radius 2 is 1.88 bits per heavy atom. The highest BCUT2D eigenvalue weighted by Gasteiger charge is 2.28. The zero-order chi connectivity index (χ0) is 22.1. The second-order valence-corrected chi connectivity index (χ2v) is 9.16. The van der Waals surface area contributed by atoms with E-state index in [1.165, 1.54) is 0 Å². The van der Waals surface area contributed by atoms with E-state index in [1.807, 2.05) is 9.80 Å². The summed E-state index contributed by atoms with van der Waals surface area (Å²) in [6.45, 7) is 3.67. The highest BCUT2D eigenvalue weighted by molar-refractivity contribution is 5.78. The molecule has 4 heterocycles. The van der Waals surface area contributed by atoms with Gasteiger partial charge in [-0.15, -0.1) is 0 Å². The van der Waals surface area contributed by atoms with Gasteiger partial charge in [0.1, 0.15) is 6.23 Å². The Labute approximate surface area is 187 Å². The van der Waals surface area contributed by atoms with Crippen molar-refractivity contribution in [1.29, 1.82) is 0 Å². The topological polar surface area (TPSA) is 50.6 Å². The van der Waals surface area contributed by atoms with Crippen LogP contribution in [0.15, 0.2) is 24.5 Å². The zero-order valence-corrected chi connectivity index (χ0v) is 18.3. The summed E-state index contributed by atoms with van der Waals surface area (Å²) >= 11 is 0. The molecule has 3 aliphatic rings. The van der Waals surface area contributed by atoms with Crippen LogP contribution in [0.5, 0.6) is 0 Å². The fraction of sp³-hybridized carbons (Fsp3) is 0.583. The van der Waals surface area contributed by atoms with Crippen molar-refractivity contribution in [3.8, 4) is 11.1 Å². The number of benzene rings is 1. The molecule has 1 unspecified atom stereocenters. The van der Waals surface area contributed by atoms with Crippen LogP contribution in [0.1, 0.15) is 51.2 Å². The number of hydrogen-bond acceptors (Lipinski definition) is 4. The molecule has 2 aromatic rings. The lowest BCUT2D eigenvalue weighted by Gasteiger charge is -2.35. The monoisotopic (exact) mass is 444 g/mol. The Balaban J connectivity index is 1.25. The lowest BCUT2D eigenvalue weighted by atomic mass is 9.95. The summed E-state index contributed by atoms with van der Waals surface area (Å²) in [5, 5.41) is 4.32. The number of hydrogen-bond donors (Lipinski definition) is 0. The second kappa shape index (κ2) is 9.17. The van der Waals surface area contributed by atoms with E-state index in [2.05, 4.69) is 5.10 Å². The normalized spacial score (nSPS) is 22.7. The first-order chi connectivity index (χ1) is 15.6. The lowest BCUT2D eigenvalue weighted by Crippen LogP contribution is -2.39. The average molecular weight is 445 g/mol. The minimum atomic E-state index is -0.837. The molecule has 1 aromatic carbocycles. The number of carbonyl (C=O) groups is 1. The highest BCUT2D eigenvalue weighted by Crippen LogP contribution is 2.33. The summed E-state index contributed by atoms with van der Waals surface area (Å²) < 4.78 is 37.5. The molecule has 1 atom stereocenters. The molecule has 32 heavy (non-hydrogen) atoms. The first-order valence-corrected chi connectivity index (χ1v) is 11.8. The van der Waals surface area contributed by atoms with Crippen molar-refractivity contribution in [2.45, 2.75) is 51.2 Å². The third-order valence-corrected chi connectivity index (χ3v) is 7.03. The summed E-state index contributed by atoms with van der Waals surface area (Å²) in [5.74, 6) is -0.975. The number of aromatic nitrogens is 2. The molecule has 3 aliphatic heterocycles. The first kappa shape index (κ1) is 21.4. The number of carbonyl (C=O) groups excluding carboxylic acids is 1. The standard InChI is InChI=1S/C24H30F2N4O2/c25-23-19(18-14-27-30(16-18)22-5-1-2-13-32-22)6-7-20(24(23)26)28-11-8-17(9-12-28)15-29-10-3-4-21(29)31/h6-7,14,16-17,22H,1-5,8-13,15H2. The van der Waals surface area contributed by atoms with Crippen LogP contribution in [0.3, 0.4) is 0 Å². The van der Waals surface area contributed by atoms with Gasteiger partial charge in [-0.05, 0) is 56.6 Å². The van der Waals surface area contributed by atoms with E-state index in [9.17, 15) is 4.79 Å². The van der Waals surface area contributed by atoms with Gasteiger partial charge < -0.3 is 14.5 Å². The predicted molar refractivity (Wildman–Crippen MR) is 117 cm³/mol. The lowest BCUT2D eigenvalue weighted by molar-refractivity contribution is -0.128. The van der Waals surface area contributed by atoms with Gasteiger partial charge in [-0.3, -0.25) is 4.79 Å². The van der Waals surface area contributed by atoms with Gasteiger partial charge >= 0.3 is 0 Å². The van der Waals surface area contributed by atoms with Crippen molar-refractivity contribution in [3.05, 3.63) is 36.2 Å². The Hall–Kier alpha value is -2.48. The number of rotatable bonds is 5. The predicted octanol–water partition coefficient (Wildman–Crippen LogP) is 4.37. The summed E-state index contributed by atoms with van der Waals surface area (Å²) in [7, 11) is 0. The third-order valence-electron chi connectivity index (χ3n) is 7.03. The van der Waals surface area contributed by atoms with Gasteiger partial charge in [0.25, 0.3) is 0 Å². The summed E-state index contributed by atoms with van der Waals surface area (Å²) in [6.07, 6.45) is 9.51. The zero-order valence-electron chi connectivity index (χ0n) is 18.3. The maximum Gasteiger partial charge on any atom is 0.222 e. The molecule has 0 bridgehead atoms. The quantitative estimate of drug-likeness (QED) is 0.687. The first-order valence-electron chi connectivity index (χ1n) is 11.8. The molecule has 1 amide bonds. The van der Waals surface area contributed by atoms with Gasteiger partial charge in [-0.25, -0.2) is 13.5 Å². The minimum absolute atomic E-state index is 0.137. The molecule has 5 rings (SSSR count). The van der Waals surface area contributed by atoms with E-state index in [4.69, 9.17) is 4.74 Å². The van der Waals surface area contributed by atoms with Gasteiger partial charge in [0, 0.05) is 56.5 Å². The smallest absolute Gasteiger partial charge is 0.222 e. The molecule has 0 radical (unpaired) electrons. The van der Waals surface area contributed by atoms with Crippen molar-refractivity contribution in [2.75, 3.05) is 37.7 Å². The largest absolute Gasteiger partial charge is 0.369 e. The molecule has 8 heteroatoms. The molecule has 6 nitrogen and oxygen atoms in total. The number of likely N-dealkylation sites (tertiary alicyclic amines) is 1. The van der Waals surface area contributed by atoms with Crippen LogP contribution >= 0.6 is 0 Å². The Morgan fingerprint density at radius 1 is 1.03 bits per heavy atom. The summed E-state index contributed by atoms with van der Waals surface area (Å²) in [6, 6.07) is 3.32. The summed E-state index contributed by atoms with van der Waals surface area (Å²) in [5.41, 5.74) is 1.08. The number of anilines is 1. The van der Waals surface area contributed by atoms with Crippen LogP contribution in [0.4, 0.5) is 14.5 Å². The molecule has 172 valence electrons. The third kappa shape index (κ3) is 4.25. The fourth-order valence-electron chi connectivity index (χ4n) is 5.14. The average Bonchev–Trinajstić information content (AvgIpc) is 3.47. The highest BCUT2D eigenvalue weighted by atomic mass is 19.2. The summed E-state index contributed by atoms with van der Waals surface area (Å²) in [4.78, 5) is 15.7. The number of ether oxygens (including phenoxy) is 1. The Kier molecular flexibility index (Phi) is 6.13. The number of piperidine rings is 1. The molecule has 0 saturated carbocycles. The minimum Gasteiger partial charge on any atom is -0.369 e. The SMILES string of the molecule is O=C1CCCN1CC1CCN(c2ccc(-c3cnn(C4CCCCO4)c3)c(F)c2F)CC1. The van der Waals surface area contributed by atoms with Crippen LogP contribution in [0.25, 0.3) is 11.1 Å². The van der Waals surface area contributed by atoms with Crippen molar-refractivity contribution in [3.63, 3.8) is 0 Å². The van der Waals surface area contributed by atoms with Gasteiger partial charge in [0.15, 0.2) is 11.6 Å². The van der Waals surface area contributed by atoms with E-state index in [0.717, 1.165) is 51.6 Å². The van der Waals surface area contributed by atoms with Crippen LogP contribution in [0, 0.1) is 17.6 Å². The number of nitrogens with zero attached hydrogens (tertiary/aromatic N) is 4. The second-order valence-electron chi connectivity index (χ2n) is 9.16. The molecule has 0 spiro atoms. The van der Waals surface area contributed by atoms with Crippen molar-refractivity contribution in [1.82, 2.24) is 14.7 Å². The van der Waals surface area contributed by atoms with Crippen molar-refractivity contribution in [2.24, 2.45) is 5.92 Å². The van der Waals surface area contributed by atoms with Gasteiger partial charge in [-0.1, -0.05) is 0 Å². The van der Waals surface area contributed by atoms with E-state index >= 15 is 8.78 Å². The van der Waals surface area contributed by atoms with Gasteiger partial charge in [0.05, 0.1) is 11.9 Å². The molecule has 0 N–H and O–H groups in total. The Bertz CT molecular complexity index is 965. The van der Waals surface area contributed by atoms with E-state index in [0.29, 0.717) is 43.3 Å². The molecular formula is C24H30F2N4O2. The number of halogens is 2. The van der Waals surface area contributed by atoms with Crippen LogP contribution in [-0.2, 0) is 9.53 Å². The molecule has 3 fully saturated rings. The van der Waals surface area contributed by atoms with E-state index < -0.39 is 11.6 Å². The van der Waals surface area contributed by atoms with Crippen molar-refractivity contribution < 1.29 is 18.3 Å². The van der Waals surface area contributed by atoms with Gasteiger partial charge in [-0.2, -0.15) is 5.10 Å². The molecule has 1 aromatic heterocycles. The van der Waals surface area contributed by atoms with Gasteiger partial charge in [0.2, 0.25) is 5.91 Å². The van der Waals surface area contributed by atoms with E-state index in [1.54, 1.807) is 29.2 Å². The Morgan fingerprint density at radius 3 is 2.59 bits per heavy atom. The van der Waals surface area contributed by atoms with E-state index in [-0.39, 0.29) is 17.7 Å². The number of amides is 1. The van der Waals surface area contributed by atoms with Crippen LogP contribution in [0.2, 0.25) is 0 Å². The van der Waals surface area contributed by atoms with Crippen molar-refractivity contribution >= 4 is 11.6 Å². The van der Waals surface area contributed by atoms with Crippen LogP contribution < -0.4 is 4.90 Å². The molecule has 0 aliphatic carbocycles. The van der Waals surface area contributed by atoms with Crippen LogP contribution in [-0.4, -0.2) is 53.4 Å². The fourth-order valence-corrected chi connectivity index (χ4v) is 5.14. The molecule has 3 saturated heterocycles. The maximum atomic E-state index is 15.0. The maximum absolute atomic E-state index is 15.0.